The maximum atomic E-state index is 10.7. The summed E-state index contributed by atoms with van der Waals surface area (Å²) in [5, 5.41) is 18.0. The molecule has 0 saturated carbocycles. The van der Waals surface area contributed by atoms with E-state index in [4.69, 9.17) is 5.11 Å². The maximum absolute atomic E-state index is 10.7. The summed E-state index contributed by atoms with van der Waals surface area (Å²) in [5.74, 6) is -0.841. The summed E-state index contributed by atoms with van der Waals surface area (Å²) < 4.78 is 0. The SMILES string of the molecule is CCC(=CCN1CCC(O)C1)C(=O)O. The van der Waals surface area contributed by atoms with E-state index in [-0.39, 0.29) is 6.10 Å². The lowest BCUT2D eigenvalue weighted by Crippen LogP contribution is -2.22. The number of carboxylic acids is 1. The number of carboxylic acid groups (broad SMARTS) is 1. The normalized spacial score (nSPS) is 24.1. The molecule has 1 rings (SSSR count). The molecular weight excluding hydrogens is 182 g/mol. The Balaban J connectivity index is 2.40. The number of nitrogens with zero attached hydrogens (tertiary/aromatic N) is 1. The number of carbonyl (C=O) groups is 1. The van der Waals surface area contributed by atoms with Crippen molar-refractivity contribution in [1.82, 2.24) is 4.90 Å². The van der Waals surface area contributed by atoms with Crippen LogP contribution in [0.1, 0.15) is 19.8 Å². The van der Waals surface area contributed by atoms with Crippen LogP contribution in [0.15, 0.2) is 11.6 Å². The molecule has 4 nitrogen and oxygen atoms in total. The lowest BCUT2D eigenvalue weighted by Gasteiger charge is -2.12. The summed E-state index contributed by atoms with van der Waals surface area (Å²) in [6, 6.07) is 0. The van der Waals surface area contributed by atoms with E-state index in [2.05, 4.69) is 4.90 Å². The second-order valence-electron chi connectivity index (χ2n) is 3.59. The predicted molar refractivity (Wildman–Crippen MR) is 53.1 cm³/mol. The summed E-state index contributed by atoms with van der Waals surface area (Å²) >= 11 is 0. The van der Waals surface area contributed by atoms with Gasteiger partial charge in [-0.15, -0.1) is 0 Å². The van der Waals surface area contributed by atoms with Crippen LogP contribution in [0.5, 0.6) is 0 Å². The van der Waals surface area contributed by atoms with Gasteiger partial charge in [-0.05, 0) is 12.8 Å². The minimum absolute atomic E-state index is 0.238. The first-order chi connectivity index (χ1) is 6.63. The summed E-state index contributed by atoms with van der Waals surface area (Å²) in [6.45, 7) is 3.98. The van der Waals surface area contributed by atoms with Gasteiger partial charge in [0.2, 0.25) is 0 Å². The molecule has 0 radical (unpaired) electrons. The van der Waals surface area contributed by atoms with Gasteiger partial charge in [0.25, 0.3) is 0 Å². The van der Waals surface area contributed by atoms with Crippen LogP contribution in [0, 0.1) is 0 Å². The number of aliphatic hydroxyl groups excluding tert-OH is 1. The van der Waals surface area contributed by atoms with Crippen LogP contribution in [-0.2, 0) is 4.79 Å². The molecule has 0 amide bonds. The second-order valence-corrected chi connectivity index (χ2v) is 3.59. The van der Waals surface area contributed by atoms with Crippen LogP contribution in [0.2, 0.25) is 0 Å². The summed E-state index contributed by atoms with van der Waals surface area (Å²) in [6.07, 6.45) is 2.84. The fraction of sp³-hybridized carbons (Fsp3) is 0.700. The molecule has 0 aromatic carbocycles. The molecule has 2 N–H and O–H groups in total. The number of hydrogen-bond donors (Lipinski definition) is 2. The molecule has 0 spiro atoms. The summed E-state index contributed by atoms with van der Waals surface area (Å²) in [7, 11) is 0. The van der Waals surface area contributed by atoms with Crippen molar-refractivity contribution in [2.45, 2.75) is 25.9 Å². The van der Waals surface area contributed by atoms with E-state index < -0.39 is 5.97 Å². The Morgan fingerprint density at radius 1 is 1.64 bits per heavy atom. The minimum Gasteiger partial charge on any atom is -0.478 e. The number of likely N-dealkylation sites (tertiary alicyclic amines) is 1. The Hall–Kier alpha value is -0.870. The van der Waals surface area contributed by atoms with Crippen molar-refractivity contribution in [3.8, 4) is 0 Å². The Labute approximate surface area is 83.8 Å². The smallest absolute Gasteiger partial charge is 0.331 e. The molecular formula is C10H17NO3. The molecule has 4 heteroatoms. The van der Waals surface area contributed by atoms with Crippen molar-refractivity contribution < 1.29 is 15.0 Å². The number of aliphatic hydroxyl groups is 1. The first kappa shape index (κ1) is 11.2. The van der Waals surface area contributed by atoms with Crippen molar-refractivity contribution in [2.75, 3.05) is 19.6 Å². The predicted octanol–water partition coefficient (Wildman–Crippen LogP) is 0.474. The van der Waals surface area contributed by atoms with Crippen molar-refractivity contribution in [2.24, 2.45) is 0 Å². The van der Waals surface area contributed by atoms with Crippen molar-refractivity contribution in [1.29, 1.82) is 0 Å². The highest BCUT2D eigenvalue weighted by Gasteiger charge is 2.19. The summed E-state index contributed by atoms with van der Waals surface area (Å²) in [5.41, 5.74) is 0.450. The lowest BCUT2D eigenvalue weighted by molar-refractivity contribution is -0.132. The number of hydrogen-bond acceptors (Lipinski definition) is 3. The molecule has 0 aromatic rings. The van der Waals surface area contributed by atoms with E-state index in [0.29, 0.717) is 25.1 Å². The van der Waals surface area contributed by atoms with Gasteiger partial charge < -0.3 is 10.2 Å². The van der Waals surface area contributed by atoms with E-state index in [1.165, 1.54) is 0 Å². The zero-order chi connectivity index (χ0) is 10.6. The van der Waals surface area contributed by atoms with E-state index in [9.17, 15) is 9.90 Å². The molecule has 1 aliphatic heterocycles. The van der Waals surface area contributed by atoms with Crippen LogP contribution < -0.4 is 0 Å². The molecule has 14 heavy (non-hydrogen) atoms. The fourth-order valence-corrected chi connectivity index (χ4v) is 1.60. The monoisotopic (exact) mass is 199 g/mol. The van der Waals surface area contributed by atoms with Gasteiger partial charge in [-0.2, -0.15) is 0 Å². The zero-order valence-electron chi connectivity index (χ0n) is 8.44. The largest absolute Gasteiger partial charge is 0.478 e. The third-order valence-corrected chi connectivity index (χ3v) is 2.50. The highest BCUT2D eigenvalue weighted by molar-refractivity contribution is 5.86. The van der Waals surface area contributed by atoms with Crippen LogP contribution >= 0.6 is 0 Å². The number of aliphatic carboxylic acids is 1. The van der Waals surface area contributed by atoms with Gasteiger partial charge >= 0.3 is 5.97 Å². The summed E-state index contributed by atoms with van der Waals surface area (Å²) in [4.78, 5) is 12.7. The van der Waals surface area contributed by atoms with Crippen LogP contribution in [-0.4, -0.2) is 46.8 Å². The van der Waals surface area contributed by atoms with Gasteiger partial charge in [-0.1, -0.05) is 13.0 Å². The molecule has 0 bridgehead atoms. The Bertz CT molecular complexity index is 238. The number of β-amino-alcohol motifs (C(OH)–C–C–N with tert-alkyl or cyclic N) is 1. The van der Waals surface area contributed by atoms with Crippen molar-refractivity contribution >= 4 is 5.97 Å². The third-order valence-electron chi connectivity index (χ3n) is 2.50. The maximum Gasteiger partial charge on any atom is 0.331 e. The standard InChI is InChI=1S/C10H17NO3/c1-2-8(10(13)14)3-5-11-6-4-9(12)7-11/h3,9,12H,2,4-7H2,1H3,(H,13,14). The molecule has 1 saturated heterocycles. The average Bonchev–Trinajstić information content (AvgIpc) is 2.52. The fourth-order valence-electron chi connectivity index (χ4n) is 1.60. The zero-order valence-corrected chi connectivity index (χ0v) is 8.44. The Kier molecular flexibility index (Phi) is 4.10. The van der Waals surface area contributed by atoms with Gasteiger partial charge in [0.15, 0.2) is 0 Å². The first-order valence-corrected chi connectivity index (χ1v) is 4.96. The highest BCUT2D eigenvalue weighted by atomic mass is 16.4. The van der Waals surface area contributed by atoms with Crippen LogP contribution in [0.3, 0.4) is 0 Å². The van der Waals surface area contributed by atoms with Gasteiger partial charge in [-0.3, -0.25) is 4.90 Å². The van der Waals surface area contributed by atoms with Gasteiger partial charge in [0, 0.05) is 25.2 Å². The molecule has 1 heterocycles. The average molecular weight is 199 g/mol. The van der Waals surface area contributed by atoms with E-state index in [0.717, 1.165) is 13.0 Å². The highest BCUT2D eigenvalue weighted by Crippen LogP contribution is 2.09. The van der Waals surface area contributed by atoms with E-state index >= 15 is 0 Å². The minimum atomic E-state index is -0.841. The Morgan fingerprint density at radius 3 is 2.79 bits per heavy atom. The third kappa shape index (κ3) is 3.12. The Morgan fingerprint density at radius 2 is 2.36 bits per heavy atom. The van der Waals surface area contributed by atoms with E-state index in [1.807, 2.05) is 6.92 Å². The molecule has 80 valence electrons. The molecule has 0 aromatic heterocycles. The van der Waals surface area contributed by atoms with Gasteiger partial charge in [0.1, 0.15) is 0 Å². The molecule has 1 atom stereocenters. The van der Waals surface area contributed by atoms with Crippen LogP contribution in [0.25, 0.3) is 0 Å². The molecule has 1 fully saturated rings. The molecule has 0 aliphatic carbocycles. The van der Waals surface area contributed by atoms with Crippen molar-refractivity contribution in [3.05, 3.63) is 11.6 Å². The van der Waals surface area contributed by atoms with Crippen molar-refractivity contribution in [3.63, 3.8) is 0 Å². The molecule has 1 aliphatic rings. The second kappa shape index (κ2) is 5.12. The first-order valence-electron chi connectivity index (χ1n) is 4.96. The molecule has 1 unspecified atom stereocenters. The van der Waals surface area contributed by atoms with Gasteiger partial charge in [-0.25, -0.2) is 4.79 Å². The lowest BCUT2D eigenvalue weighted by atomic mass is 10.2. The topological polar surface area (TPSA) is 60.8 Å². The van der Waals surface area contributed by atoms with Gasteiger partial charge in [0.05, 0.1) is 6.10 Å². The quantitative estimate of drug-likeness (QED) is 0.646. The van der Waals surface area contributed by atoms with Crippen LogP contribution in [0.4, 0.5) is 0 Å². The van der Waals surface area contributed by atoms with E-state index in [1.54, 1.807) is 6.08 Å². The number of rotatable bonds is 4.